The molecule has 0 aromatic heterocycles. The maximum atomic E-state index is 11.7. The summed E-state index contributed by atoms with van der Waals surface area (Å²) in [7, 11) is -3.17. The standard InChI is InChI=1S/C10H21N3O3S/c1-9-4-3-7-13(8-9)10(14)11-5-6-12-17(2,15)16/h9,12H,3-8H2,1-2H3,(H,11,14). The first-order chi connectivity index (χ1) is 7.88. The topological polar surface area (TPSA) is 78.5 Å². The molecule has 1 fully saturated rings. The molecule has 0 saturated carbocycles. The summed E-state index contributed by atoms with van der Waals surface area (Å²) in [5.74, 6) is 0.545. The molecule has 1 rings (SSSR count). The van der Waals surface area contributed by atoms with E-state index in [4.69, 9.17) is 0 Å². The summed E-state index contributed by atoms with van der Waals surface area (Å²) in [5.41, 5.74) is 0. The number of urea groups is 1. The molecule has 7 heteroatoms. The first-order valence-electron chi connectivity index (χ1n) is 5.86. The molecule has 1 atom stereocenters. The summed E-state index contributed by atoms with van der Waals surface area (Å²) in [6.07, 6.45) is 3.30. The van der Waals surface area contributed by atoms with Gasteiger partial charge in [0.05, 0.1) is 6.26 Å². The van der Waals surface area contributed by atoms with Crippen LogP contribution in [0.2, 0.25) is 0 Å². The van der Waals surface area contributed by atoms with E-state index in [-0.39, 0.29) is 12.6 Å². The minimum Gasteiger partial charge on any atom is -0.337 e. The summed E-state index contributed by atoms with van der Waals surface area (Å²) in [6.45, 7) is 4.25. The lowest BCUT2D eigenvalue weighted by atomic mass is 10.0. The van der Waals surface area contributed by atoms with Crippen molar-refractivity contribution in [3.63, 3.8) is 0 Å². The minimum atomic E-state index is -3.17. The highest BCUT2D eigenvalue weighted by molar-refractivity contribution is 7.88. The molecule has 2 N–H and O–H groups in total. The average molecular weight is 263 g/mol. The fourth-order valence-electron chi connectivity index (χ4n) is 1.89. The van der Waals surface area contributed by atoms with Crippen molar-refractivity contribution in [2.75, 3.05) is 32.4 Å². The van der Waals surface area contributed by atoms with Gasteiger partial charge in [0.25, 0.3) is 0 Å². The van der Waals surface area contributed by atoms with E-state index in [1.54, 1.807) is 4.90 Å². The Bertz CT molecular complexity index is 356. The second-order valence-corrected chi connectivity index (χ2v) is 6.42. The van der Waals surface area contributed by atoms with Gasteiger partial charge in [-0.1, -0.05) is 6.92 Å². The molecule has 2 amide bonds. The van der Waals surface area contributed by atoms with Crippen LogP contribution in [-0.2, 0) is 10.0 Å². The van der Waals surface area contributed by atoms with Gasteiger partial charge in [0, 0.05) is 26.2 Å². The Labute approximate surface area is 103 Å². The second-order valence-electron chi connectivity index (χ2n) is 4.59. The monoisotopic (exact) mass is 263 g/mol. The van der Waals surface area contributed by atoms with Gasteiger partial charge in [-0.05, 0) is 18.8 Å². The number of carbonyl (C=O) groups excluding carboxylic acids is 1. The lowest BCUT2D eigenvalue weighted by Crippen LogP contribution is -2.46. The Morgan fingerprint density at radius 3 is 2.71 bits per heavy atom. The number of likely N-dealkylation sites (tertiary alicyclic amines) is 1. The van der Waals surface area contributed by atoms with Gasteiger partial charge in [0.1, 0.15) is 0 Å². The van der Waals surface area contributed by atoms with E-state index >= 15 is 0 Å². The van der Waals surface area contributed by atoms with Crippen LogP contribution in [-0.4, -0.2) is 51.8 Å². The summed E-state index contributed by atoms with van der Waals surface area (Å²) < 4.78 is 23.9. The molecule has 17 heavy (non-hydrogen) atoms. The first-order valence-corrected chi connectivity index (χ1v) is 7.75. The lowest BCUT2D eigenvalue weighted by molar-refractivity contribution is 0.170. The maximum Gasteiger partial charge on any atom is 0.317 e. The van der Waals surface area contributed by atoms with Crippen LogP contribution in [0.5, 0.6) is 0 Å². The SMILES string of the molecule is CC1CCCN(C(=O)NCCNS(C)(=O)=O)C1. The second kappa shape index (κ2) is 6.20. The fourth-order valence-corrected chi connectivity index (χ4v) is 2.36. The van der Waals surface area contributed by atoms with E-state index in [0.717, 1.165) is 25.8 Å². The van der Waals surface area contributed by atoms with Crippen molar-refractivity contribution in [1.29, 1.82) is 0 Å². The molecule has 0 spiro atoms. The van der Waals surface area contributed by atoms with E-state index in [2.05, 4.69) is 17.0 Å². The molecule has 0 aliphatic carbocycles. The van der Waals surface area contributed by atoms with Gasteiger partial charge < -0.3 is 10.2 Å². The van der Waals surface area contributed by atoms with Gasteiger partial charge in [-0.15, -0.1) is 0 Å². The molecule has 0 aromatic rings. The van der Waals surface area contributed by atoms with Crippen molar-refractivity contribution in [2.45, 2.75) is 19.8 Å². The molecule has 0 aromatic carbocycles. The lowest BCUT2D eigenvalue weighted by Gasteiger charge is -2.30. The summed E-state index contributed by atoms with van der Waals surface area (Å²) in [5, 5.41) is 2.71. The molecule has 1 heterocycles. The van der Waals surface area contributed by atoms with Crippen LogP contribution in [0.4, 0.5) is 4.79 Å². The number of piperidine rings is 1. The number of nitrogens with zero attached hydrogens (tertiary/aromatic N) is 1. The fraction of sp³-hybridized carbons (Fsp3) is 0.900. The van der Waals surface area contributed by atoms with Crippen LogP contribution >= 0.6 is 0 Å². The maximum absolute atomic E-state index is 11.7. The Hall–Kier alpha value is -0.820. The minimum absolute atomic E-state index is 0.105. The van der Waals surface area contributed by atoms with Gasteiger partial charge in [-0.2, -0.15) is 0 Å². The quantitative estimate of drug-likeness (QED) is 0.700. The van der Waals surface area contributed by atoms with Gasteiger partial charge in [0.2, 0.25) is 10.0 Å². The van der Waals surface area contributed by atoms with E-state index in [1.165, 1.54) is 6.42 Å². The number of nitrogens with one attached hydrogen (secondary N) is 2. The number of rotatable bonds is 4. The normalized spacial score (nSPS) is 21.3. The Kier molecular flexibility index (Phi) is 5.20. The van der Waals surface area contributed by atoms with Crippen molar-refractivity contribution in [2.24, 2.45) is 5.92 Å². The number of carbonyl (C=O) groups is 1. The van der Waals surface area contributed by atoms with Crippen LogP contribution in [0.1, 0.15) is 19.8 Å². The Morgan fingerprint density at radius 1 is 1.41 bits per heavy atom. The van der Waals surface area contributed by atoms with Crippen LogP contribution < -0.4 is 10.0 Å². The summed E-state index contributed by atoms with van der Waals surface area (Å²) in [6, 6.07) is -0.105. The molecule has 100 valence electrons. The molecular weight excluding hydrogens is 242 g/mol. The Balaban J connectivity index is 2.20. The van der Waals surface area contributed by atoms with Gasteiger partial charge in [-0.25, -0.2) is 17.9 Å². The highest BCUT2D eigenvalue weighted by atomic mass is 32.2. The molecule has 6 nitrogen and oxygen atoms in total. The largest absolute Gasteiger partial charge is 0.337 e. The zero-order valence-electron chi connectivity index (χ0n) is 10.4. The van der Waals surface area contributed by atoms with E-state index in [9.17, 15) is 13.2 Å². The van der Waals surface area contributed by atoms with Crippen molar-refractivity contribution in [1.82, 2.24) is 14.9 Å². The van der Waals surface area contributed by atoms with Crippen LogP contribution in [0.15, 0.2) is 0 Å². The van der Waals surface area contributed by atoms with Crippen molar-refractivity contribution in [3.05, 3.63) is 0 Å². The average Bonchev–Trinajstić information content (AvgIpc) is 2.23. The number of hydrogen-bond acceptors (Lipinski definition) is 3. The van der Waals surface area contributed by atoms with E-state index in [0.29, 0.717) is 12.5 Å². The van der Waals surface area contributed by atoms with Gasteiger partial charge in [-0.3, -0.25) is 0 Å². The number of hydrogen-bond donors (Lipinski definition) is 2. The van der Waals surface area contributed by atoms with Crippen LogP contribution in [0, 0.1) is 5.92 Å². The zero-order chi connectivity index (χ0) is 12.9. The van der Waals surface area contributed by atoms with Gasteiger partial charge in [0.15, 0.2) is 0 Å². The predicted octanol–water partition coefficient (Wildman–Crippen LogP) is -0.0229. The third-order valence-corrected chi connectivity index (χ3v) is 3.44. The van der Waals surface area contributed by atoms with Crippen LogP contribution in [0.25, 0.3) is 0 Å². The smallest absolute Gasteiger partial charge is 0.317 e. The molecule has 1 saturated heterocycles. The molecule has 1 aliphatic rings. The highest BCUT2D eigenvalue weighted by Gasteiger charge is 2.20. The molecule has 0 bridgehead atoms. The van der Waals surface area contributed by atoms with Crippen LogP contribution in [0.3, 0.4) is 0 Å². The number of sulfonamides is 1. The first kappa shape index (κ1) is 14.2. The third-order valence-electron chi connectivity index (χ3n) is 2.71. The third kappa shape index (κ3) is 5.88. The van der Waals surface area contributed by atoms with E-state index < -0.39 is 10.0 Å². The summed E-state index contributed by atoms with van der Waals surface area (Å²) in [4.78, 5) is 13.5. The van der Waals surface area contributed by atoms with Crippen molar-refractivity contribution in [3.8, 4) is 0 Å². The van der Waals surface area contributed by atoms with Crippen molar-refractivity contribution >= 4 is 16.1 Å². The molecular formula is C10H21N3O3S. The van der Waals surface area contributed by atoms with E-state index in [1.807, 2.05) is 0 Å². The molecule has 1 unspecified atom stereocenters. The van der Waals surface area contributed by atoms with Crippen molar-refractivity contribution < 1.29 is 13.2 Å². The molecule has 0 radical (unpaired) electrons. The predicted molar refractivity (Wildman–Crippen MR) is 66.2 cm³/mol. The Morgan fingerprint density at radius 2 is 2.12 bits per heavy atom. The highest BCUT2D eigenvalue weighted by Crippen LogP contribution is 2.14. The number of amides is 2. The van der Waals surface area contributed by atoms with Gasteiger partial charge >= 0.3 is 6.03 Å². The zero-order valence-corrected chi connectivity index (χ0v) is 11.2. The summed E-state index contributed by atoms with van der Waals surface area (Å²) >= 11 is 0. The molecule has 1 aliphatic heterocycles.